The fourth-order valence-corrected chi connectivity index (χ4v) is 5.11. The van der Waals surface area contributed by atoms with E-state index in [2.05, 4.69) is 16.4 Å². The van der Waals surface area contributed by atoms with Gasteiger partial charge in [-0.1, -0.05) is 29.8 Å². The van der Waals surface area contributed by atoms with Crippen molar-refractivity contribution in [1.29, 1.82) is 0 Å². The maximum atomic E-state index is 12.9. The van der Waals surface area contributed by atoms with E-state index in [1.165, 1.54) is 16.9 Å². The van der Waals surface area contributed by atoms with Gasteiger partial charge in [-0.3, -0.25) is 9.59 Å². The van der Waals surface area contributed by atoms with Crippen molar-refractivity contribution >= 4 is 23.2 Å². The highest BCUT2D eigenvalue weighted by Crippen LogP contribution is 2.31. The third-order valence-electron chi connectivity index (χ3n) is 5.89. The first-order valence-corrected chi connectivity index (χ1v) is 12.6. The van der Waals surface area contributed by atoms with Crippen LogP contribution in [0.25, 0.3) is 0 Å². The summed E-state index contributed by atoms with van der Waals surface area (Å²) in [5.41, 5.74) is 3.39. The molecule has 1 N–H and O–H groups in total. The molecule has 1 aliphatic heterocycles. The summed E-state index contributed by atoms with van der Waals surface area (Å²) in [7, 11) is 0. The molecule has 1 aliphatic rings. The summed E-state index contributed by atoms with van der Waals surface area (Å²) in [6, 6.07) is 15.4. The topological polar surface area (TPSA) is 71.5 Å². The predicted octanol–water partition coefficient (Wildman–Crippen LogP) is 5.19. The summed E-state index contributed by atoms with van der Waals surface area (Å²) in [5.74, 6) is 0.938. The van der Waals surface area contributed by atoms with Crippen LogP contribution in [0, 0.1) is 6.92 Å². The number of hydrogen-bond donors (Lipinski definition) is 1. The zero-order valence-electron chi connectivity index (χ0n) is 19.9. The average Bonchev–Trinajstić information content (AvgIpc) is 3.33. The van der Waals surface area contributed by atoms with Crippen LogP contribution in [0.5, 0.6) is 5.75 Å². The van der Waals surface area contributed by atoms with Crippen molar-refractivity contribution in [2.24, 2.45) is 0 Å². The van der Waals surface area contributed by atoms with Gasteiger partial charge in [-0.15, -0.1) is 11.3 Å². The Bertz CT molecular complexity index is 1130. The third kappa shape index (κ3) is 6.03. The van der Waals surface area contributed by atoms with Crippen LogP contribution in [0.15, 0.2) is 53.9 Å². The molecule has 4 rings (SSSR count). The van der Waals surface area contributed by atoms with Crippen LogP contribution in [0.3, 0.4) is 0 Å². The van der Waals surface area contributed by atoms with Gasteiger partial charge in [-0.2, -0.15) is 0 Å². The van der Waals surface area contributed by atoms with Gasteiger partial charge in [0.15, 0.2) is 0 Å². The summed E-state index contributed by atoms with van der Waals surface area (Å²) < 4.78 is 5.66. The number of aromatic nitrogens is 1. The van der Waals surface area contributed by atoms with Gasteiger partial charge in [-0.25, -0.2) is 4.98 Å². The molecule has 0 radical (unpaired) electrons. The van der Waals surface area contributed by atoms with Crippen molar-refractivity contribution in [3.8, 4) is 5.75 Å². The Balaban J connectivity index is 1.28. The highest BCUT2D eigenvalue weighted by molar-refractivity contribution is 7.09. The number of rotatable bonds is 7. The summed E-state index contributed by atoms with van der Waals surface area (Å²) in [5, 5.41) is 5.76. The Morgan fingerprint density at radius 3 is 2.56 bits per heavy atom. The lowest BCUT2D eigenvalue weighted by Gasteiger charge is -2.31. The number of ether oxygens (including phenoxy) is 1. The number of piperidine rings is 1. The minimum atomic E-state index is -0.151. The highest BCUT2D eigenvalue weighted by atomic mass is 32.1. The van der Waals surface area contributed by atoms with E-state index in [0.717, 1.165) is 29.2 Å². The number of nitrogens with one attached hydrogen (secondary N) is 1. The molecule has 0 saturated carbocycles. The molecule has 6 nitrogen and oxygen atoms in total. The van der Waals surface area contributed by atoms with Crippen LogP contribution in [-0.2, 0) is 6.54 Å². The number of hydrogen-bond acceptors (Lipinski definition) is 5. The van der Waals surface area contributed by atoms with E-state index >= 15 is 0 Å². The van der Waals surface area contributed by atoms with Gasteiger partial charge < -0.3 is 15.0 Å². The van der Waals surface area contributed by atoms with Crippen molar-refractivity contribution < 1.29 is 14.3 Å². The van der Waals surface area contributed by atoms with Gasteiger partial charge in [0.05, 0.1) is 11.1 Å². The van der Waals surface area contributed by atoms with Gasteiger partial charge in [0.2, 0.25) is 0 Å². The zero-order valence-corrected chi connectivity index (χ0v) is 20.7. The number of likely N-dealkylation sites (tertiary alicyclic amines) is 1. The molecule has 34 heavy (non-hydrogen) atoms. The molecule has 0 aliphatic carbocycles. The van der Waals surface area contributed by atoms with Crippen molar-refractivity contribution in [2.45, 2.75) is 52.2 Å². The van der Waals surface area contributed by atoms with Crippen molar-refractivity contribution in [1.82, 2.24) is 15.2 Å². The lowest BCUT2D eigenvalue weighted by atomic mass is 9.97. The largest absolute Gasteiger partial charge is 0.491 e. The second-order valence-corrected chi connectivity index (χ2v) is 9.89. The number of aryl methyl sites for hydroxylation is 1. The van der Waals surface area contributed by atoms with Crippen molar-refractivity contribution in [3.05, 3.63) is 81.3 Å². The average molecular weight is 478 g/mol. The van der Waals surface area contributed by atoms with Gasteiger partial charge >= 0.3 is 0 Å². The molecule has 2 aromatic carbocycles. The molecule has 0 spiro atoms. The monoisotopic (exact) mass is 477 g/mol. The van der Waals surface area contributed by atoms with Gasteiger partial charge in [0.25, 0.3) is 11.8 Å². The Hall–Kier alpha value is -3.19. The van der Waals surface area contributed by atoms with E-state index in [1.54, 1.807) is 0 Å². The van der Waals surface area contributed by atoms with Crippen LogP contribution in [0.1, 0.15) is 69.6 Å². The molecule has 1 saturated heterocycles. The standard InChI is InChI=1S/C27H31N3O3S/c1-18(2)33-23-9-7-22(8-10-23)27(32)30-13-11-21(12-14-30)26-29-24(17-34-26)25(31)28-16-20-6-4-5-19(3)15-20/h4-10,15,17-18,21H,11-14,16H2,1-3H3,(H,28,31). The first-order chi connectivity index (χ1) is 16.4. The summed E-state index contributed by atoms with van der Waals surface area (Å²) >= 11 is 1.53. The minimum Gasteiger partial charge on any atom is -0.491 e. The molecule has 0 bridgehead atoms. The Morgan fingerprint density at radius 2 is 1.88 bits per heavy atom. The molecular weight excluding hydrogens is 446 g/mol. The van der Waals surface area contributed by atoms with Crippen LogP contribution < -0.4 is 10.1 Å². The van der Waals surface area contributed by atoms with E-state index < -0.39 is 0 Å². The lowest BCUT2D eigenvalue weighted by Crippen LogP contribution is -2.37. The summed E-state index contributed by atoms with van der Waals surface area (Å²) in [6.45, 7) is 7.84. The molecule has 178 valence electrons. The predicted molar refractivity (Wildman–Crippen MR) is 135 cm³/mol. The van der Waals surface area contributed by atoms with Crippen LogP contribution in [0.4, 0.5) is 0 Å². The summed E-state index contributed by atoms with van der Waals surface area (Å²) in [6.07, 6.45) is 1.79. The number of amides is 2. The van der Waals surface area contributed by atoms with Crippen LogP contribution in [-0.4, -0.2) is 40.9 Å². The summed E-state index contributed by atoms with van der Waals surface area (Å²) in [4.78, 5) is 32.0. The number of benzene rings is 2. The van der Waals surface area contributed by atoms with E-state index in [4.69, 9.17) is 4.74 Å². The maximum Gasteiger partial charge on any atom is 0.271 e. The first-order valence-electron chi connectivity index (χ1n) is 11.7. The quantitative estimate of drug-likeness (QED) is 0.508. The maximum absolute atomic E-state index is 12.9. The molecule has 0 atom stereocenters. The smallest absolute Gasteiger partial charge is 0.271 e. The minimum absolute atomic E-state index is 0.0462. The van der Waals surface area contributed by atoms with Crippen LogP contribution in [0.2, 0.25) is 0 Å². The number of carbonyl (C=O) groups is 2. The van der Waals surface area contributed by atoms with Gasteiger partial charge in [0, 0.05) is 36.5 Å². The fourth-order valence-electron chi connectivity index (χ4n) is 4.13. The molecule has 2 heterocycles. The van der Waals surface area contributed by atoms with E-state index in [9.17, 15) is 9.59 Å². The highest BCUT2D eigenvalue weighted by Gasteiger charge is 2.27. The zero-order chi connectivity index (χ0) is 24.1. The first kappa shape index (κ1) is 24.0. The Kier molecular flexibility index (Phi) is 7.63. The molecular formula is C27H31N3O3S. The second kappa shape index (κ2) is 10.8. The Labute approximate surface area is 205 Å². The fraction of sp³-hybridized carbons (Fsp3) is 0.370. The van der Waals surface area contributed by atoms with Crippen molar-refractivity contribution in [2.75, 3.05) is 13.1 Å². The number of nitrogens with zero attached hydrogens (tertiary/aromatic N) is 2. The Morgan fingerprint density at radius 1 is 1.15 bits per heavy atom. The van der Waals surface area contributed by atoms with E-state index in [-0.39, 0.29) is 23.8 Å². The molecule has 0 unspecified atom stereocenters. The molecule has 1 fully saturated rings. The molecule has 1 aromatic heterocycles. The van der Waals surface area contributed by atoms with Crippen molar-refractivity contribution in [3.63, 3.8) is 0 Å². The molecule has 2 amide bonds. The SMILES string of the molecule is Cc1cccc(CNC(=O)c2csc(C3CCN(C(=O)c4ccc(OC(C)C)cc4)CC3)n2)c1. The van der Waals surface area contributed by atoms with E-state index in [0.29, 0.717) is 30.9 Å². The lowest BCUT2D eigenvalue weighted by molar-refractivity contribution is 0.0713. The second-order valence-electron chi connectivity index (χ2n) is 9.00. The van der Waals surface area contributed by atoms with Gasteiger partial charge in [-0.05, 0) is 63.4 Å². The van der Waals surface area contributed by atoms with Gasteiger partial charge in [0.1, 0.15) is 11.4 Å². The normalized spacial score (nSPS) is 14.3. The third-order valence-corrected chi connectivity index (χ3v) is 6.90. The molecule has 3 aromatic rings. The number of thiazole rings is 1. The molecule has 7 heteroatoms. The van der Waals surface area contributed by atoms with Crippen LogP contribution >= 0.6 is 11.3 Å². The number of carbonyl (C=O) groups excluding carboxylic acids is 2. The van der Waals surface area contributed by atoms with E-state index in [1.807, 2.05) is 73.5 Å².